The number of anilines is 1. The fourth-order valence-corrected chi connectivity index (χ4v) is 4.97. The number of rotatable bonds is 3. The Hall–Kier alpha value is -2.53. The maximum absolute atomic E-state index is 12.8. The molecule has 2 aromatic rings. The van der Waals surface area contributed by atoms with Crippen LogP contribution in [0.25, 0.3) is 6.08 Å². The predicted octanol–water partition coefficient (Wildman–Crippen LogP) is 5.33. The number of nitrogens with one attached hydrogen (secondary N) is 2. The molecule has 2 amide bonds. The van der Waals surface area contributed by atoms with Crippen LogP contribution in [0.2, 0.25) is 0 Å². The zero-order chi connectivity index (χ0) is 20.4. The van der Waals surface area contributed by atoms with E-state index in [0.29, 0.717) is 28.0 Å². The van der Waals surface area contributed by atoms with Crippen LogP contribution >= 0.6 is 11.8 Å². The van der Waals surface area contributed by atoms with Gasteiger partial charge < -0.3 is 10.6 Å². The molecule has 0 radical (unpaired) electrons. The summed E-state index contributed by atoms with van der Waals surface area (Å²) < 4.78 is 0. The Balaban J connectivity index is 1.50. The van der Waals surface area contributed by atoms with E-state index in [0.717, 1.165) is 23.3 Å². The summed E-state index contributed by atoms with van der Waals surface area (Å²) in [6.45, 7) is 4.48. The SMILES string of the molecule is C[C@@H]1[C@H](C)CCC[C@H]1NC(=O)c1ccc2c(c1)NC(=O)/C(=C/c1ccccc1)S2. The lowest BCUT2D eigenvalue weighted by Gasteiger charge is -2.34. The zero-order valence-electron chi connectivity index (χ0n) is 16.8. The molecule has 4 nitrogen and oxygen atoms in total. The van der Waals surface area contributed by atoms with Crippen LogP contribution in [0.1, 0.15) is 49.0 Å². The van der Waals surface area contributed by atoms with Crippen LogP contribution in [-0.2, 0) is 4.79 Å². The number of hydrogen-bond acceptors (Lipinski definition) is 3. The summed E-state index contributed by atoms with van der Waals surface area (Å²) >= 11 is 1.43. The molecule has 4 rings (SSSR count). The van der Waals surface area contributed by atoms with E-state index in [1.807, 2.05) is 48.5 Å². The zero-order valence-corrected chi connectivity index (χ0v) is 17.6. The smallest absolute Gasteiger partial charge is 0.262 e. The van der Waals surface area contributed by atoms with Gasteiger partial charge in [-0.3, -0.25) is 9.59 Å². The van der Waals surface area contributed by atoms with Crippen LogP contribution < -0.4 is 10.6 Å². The van der Waals surface area contributed by atoms with Crippen molar-refractivity contribution in [3.8, 4) is 0 Å². The third kappa shape index (κ3) is 4.40. The van der Waals surface area contributed by atoms with Gasteiger partial charge in [-0.15, -0.1) is 0 Å². The van der Waals surface area contributed by atoms with E-state index in [1.165, 1.54) is 18.2 Å². The van der Waals surface area contributed by atoms with Gasteiger partial charge in [-0.1, -0.05) is 68.8 Å². The van der Waals surface area contributed by atoms with Crippen LogP contribution in [0.4, 0.5) is 5.69 Å². The molecule has 1 fully saturated rings. The first kappa shape index (κ1) is 19.8. The minimum atomic E-state index is -0.140. The van der Waals surface area contributed by atoms with Crippen LogP contribution in [-0.4, -0.2) is 17.9 Å². The Kier molecular flexibility index (Phi) is 5.76. The number of thioether (sulfide) groups is 1. The highest BCUT2D eigenvalue weighted by molar-refractivity contribution is 8.04. The van der Waals surface area contributed by atoms with Gasteiger partial charge in [0, 0.05) is 16.5 Å². The lowest BCUT2D eigenvalue weighted by Crippen LogP contribution is -2.43. The summed E-state index contributed by atoms with van der Waals surface area (Å²) in [7, 11) is 0. The van der Waals surface area contributed by atoms with E-state index >= 15 is 0 Å². The molecule has 1 aliphatic heterocycles. The number of carbonyl (C=O) groups excluding carboxylic acids is 2. The van der Waals surface area contributed by atoms with Gasteiger partial charge >= 0.3 is 0 Å². The number of carbonyl (C=O) groups is 2. The maximum Gasteiger partial charge on any atom is 0.262 e. The van der Waals surface area contributed by atoms with Crippen molar-refractivity contribution in [3.05, 3.63) is 64.6 Å². The Labute approximate surface area is 176 Å². The van der Waals surface area contributed by atoms with Gasteiger partial charge in [-0.25, -0.2) is 0 Å². The minimum absolute atomic E-state index is 0.0661. The predicted molar refractivity (Wildman–Crippen MR) is 119 cm³/mol. The van der Waals surface area contributed by atoms with Gasteiger partial charge in [-0.05, 0) is 48.1 Å². The van der Waals surface area contributed by atoms with Crippen LogP contribution in [0.5, 0.6) is 0 Å². The number of amides is 2. The van der Waals surface area contributed by atoms with Crippen molar-refractivity contribution in [1.82, 2.24) is 5.32 Å². The summed E-state index contributed by atoms with van der Waals surface area (Å²) in [6, 6.07) is 15.5. The first-order valence-electron chi connectivity index (χ1n) is 10.2. The Morgan fingerprint density at radius 2 is 1.93 bits per heavy atom. The molecule has 1 saturated carbocycles. The molecule has 2 aliphatic rings. The van der Waals surface area contributed by atoms with Gasteiger partial charge in [0.15, 0.2) is 0 Å². The van der Waals surface area contributed by atoms with Crippen LogP contribution in [0, 0.1) is 11.8 Å². The quantitative estimate of drug-likeness (QED) is 0.678. The van der Waals surface area contributed by atoms with E-state index < -0.39 is 0 Å². The lowest BCUT2D eigenvalue weighted by atomic mass is 9.78. The summed E-state index contributed by atoms with van der Waals surface area (Å²) in [4.78, 5) is 26.9. The molecule has 0 aromatic heterocycles. The summed E-state index contributed by atoms with van der Waals surface area (Å²) in [5.41, 5.74) is 2.27. The molecule has 29 heavy (non-hydrogen) atoms. The van der Waals surface area contributed by atoms with Crippen LogP contribution in [0.15, 0.2) is 58.3 Å². The Morgan fingerprint density at radius 1 is 1.14 bits per heavy atom. The molecule has 5 heteroatoms. The van der Waals surface area contributed by atoms with Crippen molar-refractivity contribution in [2.75, 3.05) is 5.32 Å². The molecule has 1 heterocycles. The van der Waals surface area contributed by atoms with E-state index in [2.05, 4.69) is 24.5 Å². The van der Waals surface area contributed by atoms with Crippen molar-refractivity contribution in [2.45, 2.75) is 44.0 Å². The maximum atomic E-state index is 12.8. The van der Waals surface area contributed by atoms with Crippen molar-refractivity contribution in [2.24, 2.45) is 11.8 Å². The lowest BCUT2D eigenvalue weighted by molar-refractivity contribution is -0.112. The average Bonchev–Trinajstić information content (AvgIpc) is 2.72. The first-order chi connectivity index (χ1) is 14.0. The first-order valence-corrected chi connectivity index (χ1v) is 11.0. The normalized spacial score (nSPS) is 25.2. The summed E-state index contributed by atoms with van der Waals surface area (Å²) in [5, 5.41) is 6.14. The monoisotopic (exact) mass is 406 g/mol. The molecule has 0 spiro atoms. The second kappa shape index (κ2) is 8.46. The topological polar surface area (TPSA) is 58.2 Å². The van der Waals surface area contributed by atoms with Gasteiger partial charge in [0.05, 0.1) is 10.6 Å². The molecule has 1 aliphatic carbocycles. The molecule has 0 unspecified atom stereocenters. The van der Waals surface area contributed by atoms with Crippen molar-refractivity contribution >= 4 is 35.3 Å². The summed E-state index contributed by atoms with van der Waals surface area (Å²) in [6.07, 6.45) is 5.30. The highest BCUT2D eigenvalue weighted by Crippen LogP contribution is 2.39. The molecule has 2 aromatic carbocycles. The standard InChI is InChI=1S/C24H26N2O2S/c1-15-7-6-10-19(16(15)2)25-23(27)18-11-12-21-20(14-18)26-24(28)22(29-21)13-17-8-4-3-5-9-17/h3-5,8-9,11-16,19H,6-7,10H2,1-2H3,(H,25,27)(H,26,28)/b22-13-/t15-,16-,19-/m1/s1. The molecule has 0 saturated heterocycles. The van der Waals surface area contributed by atoms with Gasteiger partial charge in [0.25, 0.3) is 11.8 Å². The van der Waals surface area contributed by atoms with Gasteiger partial charge in [-0.2, -0.15) is 0 Å². The van der Waals surface area contributed by atoms with Crippen molar-refractivity contribution < 1.29 is 9.59 Å². The fourth-order valence-electron chi connectivity index (χ4n) is 4.04. The second-order valence-corrected chi connectivity index (χ2v) is 9.12. The van der Waals surface area contributed by atoms with Gasteiger partial charge in [0.1, 0.15) is 0 Å². The van der Waals surface area contributed by atoms with Crippen LogP contribution in [0.3, 0.4) is 0 Å². The molecule has 3 atom stereocenters. The van der Waals surface area contributed by atoms with Gasteiger partial charge in [0.2, 0.25) is 0 Å². The van der Waals surface area contributed by atoms with Crippen molar-refractivity contribution in [1.29, 1.82) is 0 Å². The largest absolute Gasteiger partial charge is 0.349 e. The third-order valence-electron chi connectivity index (χ3n) is 6.05. The highest BCUT2D eigenvalue weighted by atomic mass is 32.2. The minimum Gasteiger partial charge on any atom is -0.349 e. The van der Waals surface area contributed by atoms with E-state index in [9.17, 15) is 9.59 Å². The average molecular weight is 407 g/mol. The second-order valence-electron chi connectivity index (χ2n) is 8.03. The Bertz CT molecular complexity index is 955. The summed E-state index contributed by atoms with van der Waals surface area (Å²) in [5.74, 6) is 0.900. The molecule has 0 bridgehead atoms. The molecule has 150 valence electrons. The third-order valence-corrected chi connectivity index (χ3v) is 7.15. The number of benzene rings is 2. The molecule has 2 N–H and O–H groups in total. The molecular formula is C24H26N2O2S. The highest BCUT2D eigenvalue weighted by Gasteiger charge is 2.29. The number of hydrogen-bond donors (Lipinski definition) is 2. The van der Waals surface area contributed by atoms with E-state index in [1.54, 1.807) is 6.07 Å². The van der Waals surface area contributed by atoms with Crippen molar-refractivity contribution in [3.63, 3.8) is 0 Å². The Morgan fingerprint density at radius 3 is 2.72 bits per heavy atom. The molecular weight excluding hydrogens is 380 g/mol. The number of fused-ring (bicyclic) bond motifs is 1. The van der Waals surface area contributed by atoms with E-state index in [4.69, 9.17) is 0 Å². The van der Waals surface area contributed by atoms with E-state index in [-0.39, 0.29) is 17.9 Å². The fraction of sp³-hybridized carbons (Fsp3) is 0.333.